The number of rotatable bonds is 12. The number of nitrogens with zero attached hydrogens (tertiary/aromatic N) is 1. The van der Waals surface area contributed by atoms with Gasteiger partial charge >= 0.3 is 0 Å². The molecule has 0 aliphatic carbocycles. The van der Waals surface area contributed by atoms with Crippen LogP contribution in [0, 0.1) is 13.8 Å². The lowest BCUT2D eigenvalue weighted by Gasteiger charge is -2.14. The summed E-state index contributed by atoms with van der Waals surface area (Å²) in [5, 5.41) is 4.15. The Balaban J connectivity index is 1.87. The quantitative estimate of drug-likeness (QED) is 0.176. The third-order valence-corrected chi connectivity index (χ3v) is 4.85. The molecule has 2 rings (SSSR count). The van der Waals surface area contributed by atoms with E-state index in [9.17, 15) is 0 Å². The molecule has 2 aromatic rings. The highest BCUT2D eigenvalue weighted by molar-refractivity contribution is 6.00. The van der Waals surface area contributed by atoms with E-state index in [0.717, 1.165) is 59.6 Å². The van der Waals surface area contributed by atoms with Crippen LogP contribution in [0.3, 0.4) is 0 Å². The lowest BCUT2D eigenvalue weighted by Crippen LogP contribution is -2.04. The van der Waals surface area contributed by atoms with Gasteiger partial charge in [-0.1, -0.05) is 54.9 Å². The molecular weight excluding hydrogens is 374 g/mol. The zero-order chi connectivity index (χ0) is 21.8. The molecule has 0 N–H and O–H groups in total. The Labute approximate surface area is 181 Å². The van der Waals surface area contributed by atoms with Gasteiger partial charge in [-0.05, 0) is 74.4 Å². The summed E-state index contributed by atoms with van der Waals surface area (Å²) in [7, 11) is 1.60. The molecule has 4 nitrogen and oxygen atoms in total. The molecule has 0 unspecified atom stereocenters. The monoisotopic (exact) mass is 409 g/mol. The second-order valence-electron chi connectivity index (χ2n) is 7.39. The van der Waals surface area contributed by atoms with Crippen LogP contribution in [0.4, 0.5) is 0 Å². The predicted octanol–water partition coefficient (Wildman–Crippen LogP) is 6.42. The van der Waals surface area contributed by atoms with Gasteiger partial charge in [-0.15, -0.1) is 0 Å². The Bertz CT molecular complexity index is 815. The summed E-state index contributed by atoms with van der Waals surface area (Å²) in [5.74, 6) is 1.85. The van der Waals surface area contributed by atoms with E-state index in [0.29, 0.717) is 13.2 Å². The van der Waals surface area contributed by atoms with Crippen LogP contribution in [-0.2, 0) is 11.3 Å². The van der Waals surface area contributed by atoms with Crippen molar-refractivity contribution in [3.63, 3.8) is 0 Å². The highest BCUT2D eigenvalue weighted by atomic mass is 16.6. The summed E-state index contributed by atoms with van der Waals surface area (Å²) in [4.78, 5) is 4.97. The average molecular weight is 410 g/mol. The molecular formula is C26H35NO3. The number of hydrogen-bond acceptors (Lipinski definition) is 4. The first-order valence-corrected chi connectivity index (χ1v) is 10.8. The first-order valence-electron chi connectivity index (χ1n) is 10.8. The molecule has 0 aliphatic rings. The molecule has 30 heavy (non-hydrogen) atoms. The third-order valence-electron chi connectivity index (χ3n) is 4.85. The van der Waals surface area contributed by atoms with Crippen molar-refractivity contribution in [1.82, 2.24) is 0 Å². The lowest BCUT2D eigenvalue weighted by molar-refractivity contribution is 0.213. The molecule has 0 aromatic heterocycles. The molecule has 0 saturated heterocycles. The van der Waals surface area contributed by atoms with E-state index in [1.54, 1.807) is 7.11 Å². The maximum atomic E-state index is 6.09. The van der Waals surface area contributed by atoms with E-state index < -0.39 is 0 Å². The number of hydrogen-bond donors (Lipinski definition) is 0. The van der Waals surface area contributed by atoms with Crippen LogP contribution in [0.15, 0.2) is 53.7 Å². The highest BCUT2D eigenvalue weighted by Crippen LogP contribution is 2.28. The minimum atomic E-state index is 0.589. The maximum Gasteiger partial charge on any atom is 0.125 e. The summed E-state index contributed by atoms with van der Waals surface area (Å²) in [6.45, 7) is 9.55. The van der Waals surface area contributed by atoms with Gasteiger partial charge in [0.1, 0.15) is 25.2 Å². The topological polar surface area (TPSA) is 40.0 Å². The zero-order valence-electron chi connectivity index (χ0n) is 19.0. The van der Waals surface area contributed by atoms with Crippen LogP contribution in [-0.4, -0.2) is 26.0 Å². The van der Waals surface area contributed by atoms with Crippen molar-refractivity contribution in [2.45, 2.75) is 53.4 Å². The summed E-state index contributed by atoms with van der Waals surface area (Å²) in [6.07, 6.45) is 7.89. The smallest absolute Gasteiger partial charge is 0.125 e. The Morgan fingerprint density at radius 2 is 1.73 bits per heavy atom. The number of oxime groups is 1. The summed E-state index contributed by atoms with van der Waals surface area (Å²) in [6, 6.07) is 12.7. The van der Waals surface area contributed by atoms with Gasteiger partial charge in [0.25, 0.3) is 0 Å². The normalized spacial score (nSPS) is 11.7. The van der Waals surface area contributed by atoms with Gasteiger partial charge in [0.05, 0.1) is 12.3 Å². The largest absolute Gasteiger partial charge is 0.493 e. The Kier molecular flexibility index (Phi) is 9.99. The van der Waals surface area contributed by atoms with Crippen molar-refractivity contribution in [2.24, 2.45) is 5.16 Å². The average Bonchev–Trinajstić information content (AvgIpc) is 2.73. The van der Waals surface area contributed by atoms with E-state index in [2.05, 4.69) is 50.2 Å². The SMILES string of the molecule is C/C=C/COc1cc(C)c(OCCCc2ccc(C(CCC)=NOC)cc2)c(C)c1. The van der Waals surface area contributed by atoms with Crippen molar-refractivity contribution in [3.05, 3.63) is 70.8 Å². The fourth-order valence-electron chi connectivity index (χ4n) is 3.37. The summed E-state index contributed by atoms with van der Waals surface area (Å²) < 4.78 is 11.8. The van der Waals surface area contributed by atoms with Gasteiger partial charge in [-0.25, -0.2) is 0 Å². The lowest BCUT2D eigenvalue weighted by atomic mass is 10.0. The molecule has 0 bridgehead atoms. The molecule has 0 aliphatic heterocycles. The van der Waals surface area contributed by atoms with E-state index >= 15 is 0 Å². The molecule has 0 spiro atoms. The van der Waals surface area contributed by atoms with Crippen molar-refractivity contribution in [1.29, 1.82) is 0 Å². The maximum absolute atomic E-state index is 6.09. The highest BCUT2D eigenvalue weighted by Gasteiger charge is 2.08. The standard InChI is InChI=1S/C26H35NO3/c1-6-8-16-29-24-18-20(3)26(21(4)19-24)30-17-9-11-22-12-14-23(15-13-22)25(10-7-2)27-28-5/h6,8,12-15,18-19H,7,9-11,16-17H2,1-5H3/b8-6+,27-25?. The van der Waals surface area contributed by atoms with Gasteiger partial charge in [0.2, 0.25) is 0 Å². The van der Waals surface area contributed by atoms with Crippen molar-refractivity contribution in [3.8, 4) is 11.5 Å². The minimum absolute atomic E-state index is 0.589. The van der Waals surface area contributed by atoms with Crippen molar-refractivity contribution >= 4 is 5.71 Å². The first kappa shape index (κ1) is 23.5. The van der Waals surface area contributed by atoms with Crippen LogP contribution in [0.1, 0.15) is 55.4 Å². The Morgan fingerprint density at radius 3 is 2.33 bits per heavy atom. The second-order valence-corrected chi connectivity index (χ2v) is 7.39. The van der Waals surface area contributed by atoms with Gasteiger partial charge in [-0.2, -0.15) is 0 Å². The molecule has 0 atom stereocenters. The molecule has 0 heterocycles. The van der Waals surface area contributed by atoms with Gasteiger partial charge in [0, 0.05) is 0 Å². The third kappa shape index (κ3) is 7.25. The number of ether oxygens (including phenoxy) is 2. The van der Waals surface area contributed by atoms with Gasteiger partial charge < -0.3 is 14.3 Å². The first-order chi connectivity index (χ1) is 14.6. The number of benzene rings is 2. The fraction of sp³-hybridized carbons (Fsp3) is 0.423. The molecule has 4 heteroatoms. The summed E-state index contributed by atoms with van der Waals surface area (Å²) in [5.41, 5.74) is 5.64. The molecule has 0 fully saturated rings. The second kappa shape index (κ2) is 12.7. The fourth-order valence-corrected chi connectivity index (χ4v) is 3.37. The minimum Gasteiger partial charge on any atom is -0.493 e. The summed E-state index contributed by atoms with van der Waals surface area (Å²) >= 11 is 0. The molecule has 0 amide bonds. The van der Waals surface area contributed by atoms with Crippen LogP contribution in [0.2, 0.25) is 0 Å². The van der Waals surface area contributed by atoms with E-state index in [1.165, 1.54) is 5.56 Å². The Hall–Kier alpha value is -2.75. The molecule has 2 aromatic carbocycles. The Morgan fingerprint density at radius 1 is 1.03 bits per heavy atom. The van der Waals surface area contributed by atoms with Crippen LogP contribution in [0.25, 0.3) is 0 Å². The van der Waals surface area contributed by atoms with Crippen molar-refractivity contribution in [2.75, 3.05) is 20.3 Å². The van der Waals surface area contributed by atoms with Crippen LogP contribution in [0.5, 0.6) is 11.5 Å². The zero-order valence-corrected chi connectivity index (χ0v) is 19.0. The van der Waals surface area contributed by atoms with Gasteiger partial charge in [-0.3, -0.25) is 0 Å². The number of aryl methyl sites for hydroxylation is 3. The van der Waals surface area contributed by atoms with E-state index in [-0.39, 0.29) is 0 Å². The van der Waals surface area contributed by atoms with Gasteiger partial charge in [0.15, 0.2) is 0 Å². The molecule has 0 radical (unpaired) electrons. The molecule has 162 valence electrons. The van der Waals surface area contributed by atoms with Crippen LogP contribution >= 0.6 is 0 Å². The van der Waals surface area contributed by atoms with Crippen molar-refractivity contribution < 1.29 is 14.3 Å². The molecule has 0 saturated carbocycles. The van der Waals surface area contributed by atoms with Crippen LogP contribution < -0.4 is 9.47 Å². The predicted molar refractivity (Wildman–Crippen MR) is 125 cm³/mol. The van der Waals surface area contributed by atoms with E-state index in [1.807, 2.05) is 31.2 Å². The number of allylic oxidation sites excluding steroid dienone is 1. The van der Waals surface area contributed by atoms with E-state index in [4.69, 9.17) is 14.3 Å².